The molecule has 1 fully saturated rings. The van der Waals surface area contributed by atoms with Gasteiger partial charge in [0.25, 0.3) is 0 Å². The van der Waals surface area contributed by atoms with Crippen LogP contribution in [0.3, 0.4) is 0 Å². The lowest BCUT2D eigenvalue weighted by Crippen LogP contribution is -2.40. The lowest BCUT2D eigenvalue weighted by molar-refractivity contribution is -0.122. The molecule has 0 saturated carbocycles. The summed E-state index contributed by atoms with van der Waals surface area (Å²) in [6, 6.07) is 4.22. The van der Waals surface area contributed by atoms with E-state index in [1.54, 1.807) is 11.3 Å². The summed E-state index contributed by atoms with van der Waals surface area (Å²) in [5.41, 5.74) is 0. The Hall–Kier alpha value is -0.870. The highest BCUT2D eigenvalue weighted by atomic mass is 32.1. The van der Waals surface area contributed by atoms with Gasteiger partial charge in [-0.1, -0.05) is 6.07 Å². The van der Waals surface area contributed by atoms with Crippen LogP contribution in [0.1, 0.15) is 31.1 Å². The molecule has 1 saturated heterocycles. The first-order valence-electron chi connectivity index (χ1n) is 6.19. The van der Waals surface area contributed by atoms with Crippen molar-refractivity contribution in [2.75, 3.05) is 6.61 Å². The van der Waals surface area contributed by atoms with Crippen molar-refractivity contribution in [1.29, 1.82) is 0 Å². The minimum Gasteiger partial charge on any atom is -0.376 e. The highest BCUT2D eigenvalue weighted by Gasteiger charge is 2.23. The number of ether oxygens (including phenoxy) is 1. The average molecular weight is 253 g/mol. The highest BCUT2D eigenvalue weighted by Crippen LogP contribution is 2.16. The summed E-state index contributed by atoms with van der Waals surface area (Å²) in [6.07, 6.45) is 3.78. The quantitative estimate of drug-likeness (QED) is 0.875. The van der Waals surface area contributed by atoms with E-state index in [1.807, 2.05) is 18.4 Å². The molecule has 1 aromatic heterocycles. The Kier molecular flexibility index (Phi) is 4.57. The van der Waals surface area contributed by atoms with E-state index in [9.17, 15) is 4.79 Å². The lowest BCUT2D eigenvalue weighted by atomic mass is 10.1. The maximum Gasteiger partial charge on any atom is 0.220 e. The fourth-order valence-electron chi connectivity index (χ4n) is 2.11. The van der Waals surface area contributed by atoms with Crippen LogP contribution in [0.15, 0.2) is 17.5 Å². The zero-order valence-corrected chi connectivity index (χ0v) is 11.0. The van der Waals surface area contributed by atoms with Gasteiger partial charge in [-0.3, -0.25) is 4.79 Å². The molecule has 0 unspecified atom stereocenters. The minimum absolute atomic E-state index is 0.126. The number of rotatable bonds is 5. The molecule has 1 N–H and O–H groups in total. The van der Waals surface area contributed by atoms with Gasteiger partial charge in [-0.25, -0.2) is 0 Å². The Morgan fingerprint density at radius 3 is 3.24 bits per heavy atom. The monoisotopic (exact) mass is 253 g/mol. The summed E-state index contributed by atoms with van der Waals surface area (Å²) < 4.78 is 5.55. The molecule has 1 aliphatic heterocycles. The van der Waals surface area contributed by atoms with E-state index in [2.05, 4.69) is 11.4 Å². The molecule has 2 rings (SSSR count). The van der Waals surface area contributed by atoms with Gasteiger partial charge in [0.1, 0.15) is 0 Å². The maximum absolute atomic E-state index is 11.7. The van der Waals surface area contributed by atoms with E-state index in [0.717, 1.165) is 25.9 Å². The highest BCUT2D eigenvalue weighted by molar-refractivity contribution is 7.09. The summed E-state index contributed by atoms with van der Waals surface area (Å²) in [6.45, 7) is 2.86. The largest absolute Gasteiger partial charge is 0.376 e. The topological polar surface area (TPSA) is 38.3 Å². The third-order valence-electron chi connectivity index (χ3n) is 3.09. The summed E-state index contributed by atoms with van der Waals surface area (Å²) in [5.74, 6) is 0.126. The Labute approximate surface area is 106 Å². The zero-order chi connectivity index (χ0) is 12.1. The molecular formula is C13H19NO2S. The van der Waals surface area contributed by atoms with Crippen LogP contribution in [-0.2, 0) is 16.0 Å². The van der Waals surface area contributed by atoms with Crippen molar-refractivity contribution in [2.24, 2.45) is 0 Å². The van der Waals surface area contributed by atoms with Crippen molar-refractivity contribution in [3.05, 3.63) is 22.4 Å². The van der Waals surface area contributed by atoms with Crippen LogP contribution in [0.4, 0.5) is 0 Å². The van der Waals surface area contributed by atoms with Crippen molar-refractivity contribution in [3.63, 3.8) is 0 Å². The average Bonchev–Trinajstić information content (AvgIpc) is 2.99. The molecule has 2 atom stereocenters. The molecule has 1 amide bonds. The fourth-order valence-corrected chi connectivity index (χ4v) is 2.82. The van der Waals surface area contributed by atoms with Gasteiger partial charge in [0, 0.05) is 17.9 Å². The zero-order valence-electron chi connectivity index (χ0n) is 10.1. The number of carbonyl (C=O) groups is 1. The predicted octanol–water partition coefficient (Wildman–Crippen LogP) is 2.36. The van der Waals surface area contributed by atoms with E-state index >= 15 is 0 Å². The van der Waals surface area contributed by atoms with Crippen LogP contribution in [-0.4, -0.2) is 24.7 Å². The van der Waals surface area contributed by atoms with Crippen LogP contribution in [0, 0.1) is 0 Å². The second-order valence-electron chi connectivity index (χ2n) is 4.49. The minimum atomic E-state index is 0.126. The smallest absolute Gasteiger partial charge is 0.220 e. The molecule has 1 aromatic rings. The van der Waals surface area contributed by atoms with Crippen LogP contribution < -0.4 is 5.32 Å². The van der Waals surface area contributed by atoms with E-state index in [0.29, 0.717) is 6.42 Å². The Balaban J connectivity index is 1.69. The van der Waals surface area contributed by atoms with Gasteiger partial charge >= 0.3 is 0 Å². The van der Waals surface area contributed by atoms with Gasteiger partial charge < -0.3 is 10.1 Å². The van der Waals surface area contributed by atoms with Crippen LogP contribution in [0.5, 0.6) is 0 Å². The standard InChI is InChI=1S/C13H19NO2S/c1-10(12-5-2-8-16-12)14-13(15)7-6-11-4-3-9-17-11/h3-4,9-10,12H,2,5-8H2,1H3,(H,14,15)/t10-,12+/m0/s1. The second-order valence-corrected chi connectivity index (χ2v) is 5.52. The first-order valence-corrected chi connectivity index (χ1v) is 7.07. The van der Waals surface area contributed by atoms with Crippen LogP contribution in [0.2, 0.25) is 0 Å². The molecule has 17 heavy (non-hydrogen) atoms. The lowest BCUT2D eigenvalue weighted by Gasteiger charge is -2.19. The van der Waals surface area contributed by atoms with Crippen molar-refractivity contribution in [1.82, 2.24) is 5.32 Å². The first kappa shape index (κ1) is 12.6. The first-order chi connectivity index (χ1) is 8.25. The van der Waals surface area contributed by atoms with E-state index in [-0.39, 0.29) is 18.1 Å². The molecule has 94 valence electrons. The van der Waals surface area contributed by atoms with Crippen molar-refractivity contribution in [2.45, 2.75) is 44.8 Å². The fraction of sp³-hybridized carbons (Fsp3) is 0.615. The van der Waals surface area contributed by atoms with E-state index < -0.39 is 0 Å². The van der Waals surface area contributed by atoms with Gasteiger partial charge in [-0.05, 0) is 37.6 Å². The SMILES string of the molecule is C[C@H](NC(=O)CCc1cccs1)[C@H]1CCCO1. The van der Waals surface area contributed by atoms with Crippen molar-refractivity contribution in [3.8, 4) is 0 Å². The Morgan fingerprint density at radius 1 is 1.71 bits per heavy atom. The van der Waals surface area contributed by atoms with E-state index in [4.69, 9.17) is 4.74 Å². The molecule has 3 nitrogen and oxygen atoms in total. The van der Waals surface area contributed by atoms with Crippen LogP contribution in [0.25, 0.3) is 0 Å². The number of thiophene rings is 1. The summed E-state index contributed by atoms with van der Waals surface area (Å²) in [4.78, 5) is 13.0. The van der Waals surface area contributed by atoms with E-state index in [1.165, 1.54) is 4.88 Å². The molecule has 0 bridgehead atoms. The molecule has 0 aromatic carbocycles. The molecule has 0 aliphatic carbocycles. The Morgan fingerprint density at radius 2 is 2.59 bits per heavy atom. The third-order valence-corrected chi connectivity index (χ3v) is 4.03. The number of hydrogen-bond acceptors (Lipinski definition) is 3. The summed E-state index contributed by atoms with van der Waals surface area (Å²) >= 11 is 1.70. The number of amides is 1. The number of nitrogens with one attached hydrogen (secondary N) is 1. The molecule has 0 radical (unpaired) electrons. The normalized spacial score (nSPS) is 21.4. The van der Waals surface area contributed by atoms with Gasteiger partial charge in [0.05, 0.1) is 12.1 Å². The maximum atomic E-state index is 11.7. The summed E-state index contributed by atoms with van der Waals surface area (Å²) in [5, 5.41) is 5.07. The number of aryl methyl sites for hydroxylation is 1. The van der Waals surface area contributed by atoms with Gasteiger partial charge in [0.15, 0.2) is 0 Å². The Bertz CT molecular complexity index is 344. The number of hydrogen-bond donors (Lipinski definition) is 1. The predicted molar refractivity (Wildman–Crippen MR) is 69.2 cm³/mol. The second kappa shape index (κ2) is 6.17. The van der Waals surface area contributed by atoms with Crippen molar-refractivity contribution < 1.29 is 9.53 Å². The molecule has 2 heterocycles. The molecular weight excluding hydrogens is 234 g/mol. The molecule has 1 aliphatic rings. The molecule has 0 spiro atoms. The number of carbonyl (C=O) groups excluding carboxylic acids is 1. The van der Waals surface area contributed by atoms with Crippen LogP contribution >= 0.6 is 11.3 Å². The van der Waals surface area contributed by atoms with Gasteiger partial charge in [0.2, 0.25) is 5.91 Å². The van der Waals surface area contributed by atoms with Gasteiger partial charge in [-0.15, -0.1) is 11.3 Å². The third kappa shape index (κ3) is 3.82. The van der Waals surface area contributed by atoms with Crippen molar-refractivity contribution >= 4 is 17.2 Å². The molecule has 4 heteroatoms. The summed E-state index contributed by atoms with van der Waals surface area (Å²) in [7, 11) is 0. The van der Waals surface area contributed by atoms with Gasteiger partial charge in [-0.2, -0.15) is 0 Å².